The molecule has 0 spiro atoms. The molecule has 11 heavy (non-hydrogen) atoms. The van der Waals surface area contributed by atoms with E-state index >= 15 is 0 Å². The minimum atomic E-state index is 0.929. The van der Waals surface area contributed by atoms with Gasteiger partial charge in [0.15, 0.2) is 0 Å². The summed E-state index contributed by atoms with van der Waals surface area (Å²) in [6, 6.07) is 0. The number of rotatable bonds is 0. The number of hydrogen-bond acceptors (Lipinski definition) is 0. The van der Waals surface area contributed by atoms with Crippen LogP contribution in [0.3, 0.4) is 0 Å². The molecule has 0 radical (unpaired) electrons. The monoisotopic (exact) mass is 222 g/mol. The quantitative estimate of drug-likeness (QED) is 0.548. The van der Waals surface area contributed by atoms with Crippen molar-refractivity contribution in [2.75, 3.05) is 0 Å². The first kappa shape index (κ1) is 11.5. The Morgan fingerprint density at radius 3 is 1.09 bits per heavy atom. The van der Waals surface area contributed by atoms with E-state index in [0.717, 1.165) is 36.4 Å². The van der Waals surface area contributed by atoms with E-state index in [2.05, 4.69) is 27.7 Å². The van der Waals surface area contributed by atoms with Crippen LogP contribution in [0.4, 0.5) is 0 Å². The third kappa shape index (κ3) is 2.80. The Morgan fingerprint density at radius 2 is 1.00 bits per heavy atom. The van der Waals surface area contributed by atoms with Crippen molar-refractivity contribution in [1.82, 2.24) is 0 Å². The maximum absolute atomic E-state index is 2.41. The Labute approximate surface area is 78.3 Å². The molecule has 0 aromatic carbocycles. The van der Waals surface area contributed by atoms with Crippen molar-refractivity contribution in [3.8, 4) is 0 Å². The van der Waals surface area contributed by atoms with Gasteiger partial charge in [-0.15, -0.1) is 0 Å². The maximum atomic E-state index is 2.41. The van der Waals surface area contributed by atoms with Crippen LogP contribution < -0.4 is 0 Å². The predicted molar refractivity (Wildman–Crippen MR) is 54.3 cm³/mol. The SMILES string of the molecule is CC.CC1[Se]C(C)C(C)C1C. The first-order valence-electron chi connectivity index (χ1n) is 4.78. The van der Waals surface area contributed by atoms with Crippen molar-refractivity contribution in [2.24, 2.45) is 11.8 Å². The van der Waals surface area contributed by atoms with Gasteiger partial charge in [0.1, 0.15) is 0 Å². The summed E-state index contributed by atoms with van der Waals surface area (Å²) < 4.78 is 0. The zero-order valence-corrected chi connectivity index (χ0v) is 10.4. The van der Waals surface area contributed by atoms with Gasteiger partial charge in [-0.2, -0.15) is 0 Å². The molecule has 4 atom stereocenters. The van der Waals surface area contributed by atoms with Crippen LogP contribution in [0, 0.1) is 11.8 Å². The molecule has 1 fully saturated rings. The molecule has 0 nitrogen and oxygen atoms in total. The molecular formula is C10H22Se. The molecule has 1 aliphatic rings. The summed E-state index contributed by atoms with van der Waals surface area (Å²) in [4.78, 5) is 2.06. The van der Waals surface area contributed by atoms with Gasteiger partial charge in [0.05, 0.1) is 0 Å². The summed E-state index contributed by atoms with van der Waals surface area (Å²) in [5, 5.41) is 0. The Morgan fingerprint density at radius 1 is 0.727 bits per heavy atom. The van der Waals surface area contributed by atoms with E-state index in [9.17, 15) is 0 Å². The second-order valence-electron chi connectivity index (χ2n) is 3.26. The van der Waals surface area contributed by atoms with Gasteiger partial charge in [-0.25, -0.2) is 0 Å². The summed E-state index contributed by atoms with van der Waals surface area (Å²) in [6.45, 7) is 13.6. The molecule has 68 valence electrons. The van der Waals surface area contributed by atoms with E-state index in [4.69, 9.17) is 0 Å². The molecule has 1 rings (SSSR count). The van der Waals surface area contributed by atoms with Gasteiger partial charge in [-0.05, 0) is 0 Å². The predicted octanol–water partition coefficient (Wildman–Crippen LogP) is 3.62. The van der Waals surface area contributed by atoms with Crippen molar-refractivity contribution in [1.29, 1.82) is 0 Å². The van der Waals surface area contributed by atoms with Crippen LogP contribution in [0.1, 0.15) is 41.5 Å². The van der Waals surface area contributed by atoms with Crippen molar-refractivity contribution in [2.45, 2.75) is 51.2 Å². The fourth-order valence-electron chi connectivity index (χ4n) is 1.44. The standard InChI is InChI=1S/C8H16Se.C2H6/c1-5-6(2)8(4)9-7(5)3;1-2/h5-8H,1-4H3;1-2H3. The second kappa shape index (κ2) is 5.22. The minimum absolute atomic E-state index is 0.929. The molecule has 0 bridgehead atoms. The van der Waals surface area contributed by atoms with Gasteiger partial charge >= 0.3 is 64.1 Å². The van der Waals surface area contributed by atoms with Crippen LogP contribution in [0.15, 0.2) is 0 Å². The molecule has 1 heterocycles. The van der Waals surface area contributed by atoms with Crippen molar-refractivity contribution >= 4 is 15.0 Å². The topological polar surface area (TPSA) is 0 Å². The second-order valence-corrected chi connectivity index (χ2v) is 6.96. The van der Waals surface area contributed by atoms with Crippen molar-refractivity contribution < 1.29 is 0 Å². The molecule has 0 aliphatic carbocycles. The van der Waals surface area contributed by atoms with E-state index in [1.54, 1.807) is 0 Å². The van der Waals surface area contributed by atoms with Crippen LogP contribution >= 0.6 is 0 Å². The summed E-state index contributed by atoms with van der Waals surface area (Å²) in [7, 11) is 0. The Bertz CT molecular complexity index is 89.0. The third-order valence-electron chi connectivity index (χ3n) is 2.74. The first-order valence-corrected chi connectivity index (χ1v) is 6.76. The molecule has 1 heteroatoms. The molecule has 1 aliphatic heterocycles. The van der Waals surface area contributed by atoms with Crippen molar-refractivity contribution in [3.63, 3.8) is 0 Å². The molecular weight excluding hydrogens is 199 g/mol. The molecule has 1 saturated heterocycles. The Balaban J connectivity index is 0.000000461. The van der Waals surface area contributed by atoms with E-state index in [1.807, 2.05) is 13.8 Å². The van der Waals surface area contributed by atoms with Gasteiger partial charge in [0.2, 0.25) is 0 Å². The Kier molecular flexibility index (Phi) is 5.46. The zero-order valence-electron chi connectivity index (χ0n) is 8.72. The van der Waals surface area contributed by atoms with Crippen molar-refractivity contribution in [3.05, 3.63) is 0 Å². The van der Waals surface area contributed by atoms with Crippen LogP contribution in [0.2, 0.25) is 9.63 Å². The summed E-state index contributed by atoms with van der Waals surface area (Å²) >= 11 is 0.929. The van der Waals surface area contributed by atoms with Gasteiger partial charge in [0.25, 0.3) is 0 Å². The molecule has 0 aromatic heterocycles. The number of hydrogen-bond donors (Lipinski definition) is 0. The average molecular weight is 221 g/mol. The van der Waals surface area contributed by atoms with E-state index in [0.29, 0.717) is 0 Å². The van der Waals surface area contributed by atoms with Gasteiger partial charge < -0.3 is 0 Å². The van der Waals surface area contributed by atoms with Gasteiger partial charge in [-0.3, -0.25) is 0 Å². The van der Waals surface area contributed by atoms with Crippen LogP contribution in [-0.4, -0.2) is 15.0 Å². The average Bonchev–Trinajstić information content (AvgIpc) is 2.22. The van der Waals surface area contributed by atoms with E-state index < -0.39 is 0 Å². The zero-order chi connectivity index (χ0) is 9.02. The molecule has 0 aromatic rings. The summed E-state index contributed by atoms with van der Waals surface area (Å²) in [5.74, 6) is 1.97. The molecule has 4 unspecified atom stereocenters. The van der Waals surface area contributed by atoms with Gasteiger partial charge in [-0.1, -0.05) is 13.8 Å². The normalized spacial score (nSPS) is 43.1. The fraction of sp³-hybridized carbons (Fsp3) is 1.00. The fourth-order valence-corrected chi connectivity index (χ4v) is 4.94. The molecule has 0 saturated carbocycles. The van der Waals surface area contributed by atoms with Gasteiger partial charge in [0, 0.05) is 0 Å². The molecule has 0 amide bonds. The summed E-state index contributed by atoms with van der Waals surface area (Å²) in [6.07, 6.45) is 0. The van der Waals surface area contributed by atoms with Crippen LogP contribution in [0.25, 0.3) is 0 Å². The third-order valence-corrected chi connectivity index (χ3v) is 6.34. The first-order chi connectivity index (χ1) is 5.13. The summed E-state index contributed by atoms with van der Waals surface area (Å²) in [5.41, 5.74) is 0. The Hall–Kier alpha value is 0.519. The van der Waals surface area contributed by atoms with E-state index in [-0.39, 0.29) is 0 Å². The van der Waals surface area contributed by atoms with Crippen LogP contribution in [-0.2, 0) is 0 Å². The molecule has 0 N–H and O–H groups in total. The van der Waals surface area contributed by atoms with E-state index in [1.165, 1.54) is 0 Å². The van der Waals surface area contributed by atoms with Crippen LogP contribution in [0.5, 0.6) is 0 Å².